The SMILES string of the molecule is CCOC(=O)c1cncn(-c2ccc(C)cc2OC(C)CC#N)c1=O. The molecule has 1 heterocycles. The minimum atomic E-state index is -0.721. The van der Waals surface area contributed by atoms with Gasteiger partial charge in [0.25, 0.3) is 5.56 Å². The average Bonchev–Trinajstić information content (AvgIpc) is 2.56. The zero-order chi connectivity index (χ0) is 18.4. The number of nitrogens with zero attached hydrogens (tertiary/aromatic N) is 3. The summed E-state index contributed by atoms with van der Waals surface area (Å²) in [6, 6.07) is 7.34. The van der Waals surface area contributed by atoms with Gasteiger partial charge in [-0.3, -0.25) is 9.36 Å². The Balaban J connectivity index is 2.52. The van der Waals surface area contributed by atoms with E-state index < -0.39 is 11.5 Å². The molecule has 0 aliphatic heterocycles. The molecule has 1 aromatic heterocycles. The summed E-state index contributed by atoms with van der Waals surface area (Å²) in [6.07, 6.45) is 2.37. The van der Waals surface area contributed by atoms with Crippen LogP contribution in [0.15, 0.2) is 35.5 Å². The number of rotatable bonds is 6. The van der Waals surface area contributed by atoms with E-state index in [-0.39, 0.29) is 24.7 Å². The minimum Gasteiger partial charge on any atom is -0.487 e. The summed E-state index contributed by atoms with van der Waals surface area (Å²) in [5, 5.41) is 8.80. The topological polar surface area (TPSA) is 94.2 Å². The highest BCUT2D eigenvalue weighted by atomic mass is 16.5. The number of hydrogen-bond acceptors (Lipinski definition) is 6. The van der Waals surface area contributed by atoms with E-state index in [2.05, 4.69) is 4.98 Å². The number of benzene rings is 1. The Morgan fingerprint density at radius 1 is 1.44 bits per heavy atom. The zero-order valence-electron chi connectivity index (χ0n) is 14.4. The van der Waals surface area contributed by atoms with Crippen LogP contribution in [0.2, 0.25) is 0 Å². The molecule has 0 radical (unpaired) electrons. The van der Waals surface area contributed by atoms with Crippen LogP contribution in [0.25, 0.3) is 5.69 Å². The van der Waals surface area contributed by atoms with E-state index in [1.165, 1.54) is 17.1 Å². The molecule has 1 unspecified atom stereocenters. The van der Waals surface area contributed by atoms with Crippen LogP contribution in [0.4, 0.5) is 0 Å². The summed E-state index contributed by atoms with van der Waals surface area (Å²) in [5.74, 6) is -0.283. The summed E-state index contributed by atoms with van der Waals surface area (Å²) < 4.78 is 11.9. The lowest BCUT2D eigenvalue weighted by Crippen LogP contribution is -2.27. The van der Waals surface area contributed by atoms with Crippen LogP contribution in [0.5, 0.6) is 5.75 Å². The number of ether oxygens (including phenoxy) is 2. The van der Waals surface area contributed by atoms with Crippen molar-refractivity contribution in [3.05, 3.63) is 52.2 Å². The first-order chi connectivity index (χ1) is 12.0. The highest BCUT2D eigenvalue weighted by molar-refractivity contribution is 5.88. The van der Waals surface area contributed by atoms with Gasteiger partial charge in [0.2, 0.25) is 0 Å². The molecule has 0 aliphatic carbocycles. The van der Waals surface area contributed by atoms with Crippen LogP contribution < -0.4 is 10.3 Å². The van der Waals surface area contributed by atoms with Crippen molar-refractivity contribution >= 4 is 5.97 Å². The summed E-state index contributed by atoms with van der Waals surface area (Å²) in [5.41, 5.74) is 0.681. The summed E-state index contributed by atoms with van der Waals surface area (Å²) >= 11 is 0. The van der Waals surface area contributed by atoms with Crippen molar-refractivity contribution in [1.82, 2.24) is 9.55 Å². The van der Waals surface area contributed by atoms with Gasteiger partial charge in [0.05, 0.1) is 24.8 Å². The number of hydrogen-bond donors (Lipinski definition) is 0. The molecule has 0 fully saturated rings. The number of aromatic nitrogens is 2. The van der Waals surface area contributed by atoms with Crippen molar-refractivity contribution in [2.24, 2.45) is 0 Å². The van der Waals surface area contributed by atoms with Crippen LogP contribution in [0.1, 0.15) is 36.2 Å². The first kappa shape index (κ1) is 18.2. The normalized spacial score (nSPS) is 11.4. The molecule has 7 nitrogen and oxygen atoms in total. The molecular weight excluding hydrogens is 322 g/mol. The van der Waals surface area contributed by atoms with E-state index in [1.807, 2.05) is 19.1 Å². The molecule has 0 spiro atoms. The van der Waals surface area contributed by atoms with Crippen LogP contribution >= 0.6 is 0 Å². The van der Waals surface area contributed by atoms with E-state index in [4.69, 9.17) is 14.7 Å². The zero-order valence-corrected chi connectivity index (χ0v) is 14.4. The van der Waals surface area contributed by atoms with Crippen LogP contribution in [0, 0.1) is 18.3 Å². The van der Waals surface area contributed by atoms with Gasteiger partial charge in [0.15, 0.2) is 0 Å². The lowest BCUT2D eigenvalue weighted by atomic mass is 10.2. The predicted molar refractivity (Wildman–Crippen MR) is 90.8 cm³/mol. The molecule has 0 N–H and O–H groups in total. The molecule has 2 aromatic rings. The quantitative estimate of drug-likeness (QED) is 0.749. The Bertz CT molecular complexity index is 867. The highest BCUT2D eigenvalue weighted by Gasteiger charge is 2.17. The average molecular weight is 341 g/mol. The van der Waals surface area contributed by atoms with Gasteiger partial charge in [0, 0.05) is 6.20 Å². The van der Waals surface area contributed by atoms with Gasteiger partial charge in [-0.05, 0) is 38.5 Å². The number of nitriles is 1. The molecule has 0 saturated carbocycles. The van der Waals surface area contributed by atoms with Crippen molar-refractivity contribution in [2.75, 3.05) is 6.61 Å². The van der Waals surface area contributed by atoms with Crippen LogP contribution in [-0.4, -0.2) is 28.2 Å². The predicted octanol–water partition coefficient (Wildman–Crippen LogP) is 2.40. The van der Waals surface area contributed by atoms with Crippen molar-refractivity contribution in [2.45, 2.75) is 33.3 Å². The van der Waals surface area contributed by atoms with Crippen LogP contribution in [0.3, 0.4) is 0 Å². The van der Waals surface area contributed by atoms with Crippen molar-refractivity contribution in [1.29, 1.82) is 5.26 Å². The second-order valence-corrected chi connectivity index (χ2v) is 5.46. The third kappa shape index (κ3) is 4.23. The van der Waals surface area contributed by atoms with E-state index in [0.29, 0.717) is 11.4 Å². The molecule has 25 heavy (non-hydrogen) atoms. The van der Waals surface area contributed by atoms with E-state index >= 15 is 0 Å². The van der Waals surface area contributed by atoms with Crippen molar-refractivity contribution < 1.29 is 14.3 Å². The largest absolute Gasteiger partial charge is 0.487 e. The standard InChI is InChI=1S/C18H19N3O4/c1-4-24-18(23)14-10-20-11-21(17(14)22)15-6-5-12(2)9-16(15)25-13(3)7-8-19/h5-6,9-11,13H,4,7H2,1-3H3. The highest BCUT2D eigenvalue weighted by Crippen LogP contribution is 2.25. The van der Waals surface area contributed by atoms with Crippen molar-refractivity contribution in [3.63, 3.8) is 0 Å². The maximum atomic E-state index is 12.6. The monoisotopic (exact) mass is 341 g/mol. The van der Waals surface area contributed by atoms with Gasteiger partial charge in [-0.1, -0.05) is 6.07 Å². The fourth-order valence-corrected chi connectivity index (χ4v) is 2.23. The van der Waals surface area contributed by atoms with Gasteiger partial charge in [-0.25, -0.2) is 9.78 Å². The first-order valence-electron chi connectivity index (χ1n) is 7.86. The molecular formula is C18H19N3O4. The second kappa shape index (κ2) is 8.11. The lowest BCUT2D eigenvalue weighted by molar-refractivity contribution is 0.0523. The first-order valence-corrected chi connectivity index (χ1v) is 7.86. The van der Waals surface area contributed by atoms with Crippen LogP contribution in [-0.2, 0) is 4.74 Å². The Morgan fingerprint density at radius 2 is 2.20 bits per heavy atom. The minimum absolute atomic E-state index is 0.152. The van der Waals surface area contributed by atoms with E-state index in [1.54, 1.807) is 26.0 Å². The third-order valence-electron chi connectivity index (χ3n) is 3.41. The molecule has 7 heteroatoms. The number of carbonyl (C=O) groups is 1. The van der Waals surface area contributed by atoms with E-state index in [9.17, 15) is 9.59 Å². The second-order valence-electron chi connectivity index (χ2n) is 5.46. The molecule has 1 atom stereocenters. The molecule has 130 valence electrons. The maximum Gasteiger partial charge on any atom is 0.345 e. The number of aryl methyl sites for hydroxylation is 1. The molecule has 0 amide bonds. The van der Waals surface area contributed by atoms with Gasteiger partial charge in [-0.15, -0.1) is 0 Å². The Labute approximate surface area is 145 Å². The van der Waals surface area contributed by atoms with Gasteiger partial charge >= 0.3 is 5.97 Å². The fraction of sp³-hybridized carbons (Fsp3) is 0.333. The Hall–Kier alpha value is -3.14. The Morgan fingerprint density at radius 3 is 2.88 bits per heavy atom. The molecule has 2 rings (SSSR count). The molecule has 0 bridgehead atoms. The summed E-state index contributed by atoms with van der Waals surface area (Å²) in [4.78, 5) is 28.5. The third-order valence-corrected chi connectivity index (χ3v) is 3.41. The summed E-state index contributed by atoms with van der Waals surface area (Å²) in [6.45, 7) is 5.49. The molecule has 0 aliphatic rings. The molecule has 0 saturated heterocycles. The van der Waals surface area contributed by atoms with E-state index in [0.717, 1.165) is 5.56 Å². The Kier molecular flexibility index (Phi) is 5.90. The fourth-order valence-electron chi connectivity index (χ4n) is 2.23. The maximum absolute atomic E-state index is 12.6. The summed E-state index contributed by atoms with van der Waals surface area (Å²) in [7, 11) is 0. The van der Waals surface area contributed by atoms with Gasteiger partial charge in [0.1, 0.15) is 23.7 Å². The van der Waals surface area contributed by atoms with Gasteiger partial charge < -0.3 is 9.47 Å². The number of esters is 1. The smallest absolute Gasteiger partial charge is 0.345 e. The van der Waals surface area contributed by atoms with Gasteiger partial charge in [-0.2, -0.15) is 5.26 Å². The molecule has 1 aromatic carbocycles. The lowest BCUT2D eigenvalue weighted by Gasteiger charge is -2.17. The van der Waals surface area contributed by atoms with Crippen molar-refractivity contribution in [3.8, 4) is 17.5 Å². The number of carbonyl (C=O) groups excluding carboxylic acids is 1.